The highest BCUT2D eigenvalue weighted by Crippen LogP contribution is 2.29. The van der Waals surface area contributed by atoms with Crippen molar-refractivity contribution in [1.29, 1.82) is 0 Å². The number of aryl methyl sites for hydroxylation is 2. The summed E-state index contributed by atoms with van der Waals surface area (Å²) in [4.78, 5) is 27.1. The lowest BCUT2D eigenvalue weighted by atomic mass is 9.97. The Morgan fingerprint density at radius 3 is 2.83 bits per heavy atom. The van der Waals surface area contributed by atoms with Crippen molar-refractivity contribution in [2.45, 2.75) is 38.8 Å². The normalized spacial score (nSPS) is 19.6. The Morgan fingerprint density at radius 2 is 2.07 bits per heavy atom. The molecule has 0 unspecified atom stereocenters. The number of H-pyrrole nitrogens is 1. The quantitative estimate of drug-likeness (QED) is 0.605. The second kappa shape index (κ2) is 8.80. The van der Waals surface area contributed by atoms with E-state index < -0.39 is 0 Å². The number of hydrogen-bond acceptors (Lipinski definition) is 4. The summed E-state index contributed by atoms with van der Waals surface area (Å²) in [5.41, 5.74) is 4.86. The van der Waals surface area contributed by atoms with Gasteiger partial charge in [0.2, 0.25) is 0 Å². The lowest BCUT2D eigenvalue weighted by Gasteiger charge is -2.36. The van der Waals surface area contributed by atoms with Gasteiger partial charge in [-0.15, -0.1) is 12.4 Å². The third-order valence-corrected chi connectivity index (χ3v) is 5.35. The van der Waals surface area contributed by atoms with Crippen molar-refractivity contribution in [3.63, 3.8) is 0 Å². The number of imidazole rings is 1. The number of rotatable bonds is 3. The molecule has 1 aliphatic rings. The molecule has 154 valence electrons. The largest absolute Gasteiger partial charge is 0.341 e. The van der Waals surface area contributed by atoms with Gasteiger partial charge in [0.1, 0.15) is 5.82 Å². The molecule has 29 heavy (non-hydrogen) atoms. The van der Waals surface area contributed by atoms with Gasteiger partial charge in [-0.05, 0) is 63.6 Å². The Labute approximate surface area is 176 Å². The zero-order valence-electron chi connectivity index (χ0n) is 16.9. The number of aromatic amines is 1. The molecule has 0 bridgehead atoms. The summed E-state index contributed by atoms with van der Waals surface area (Å²) < 4.78 is 0. The minimum atomic E-state index is -0.195. The first-order chi connectivity index (χ1) is 13.5. The van der Waals surface area contributed by atoms with Crippen molar-refractivity contribution >= 4 is 35.2 Å². The van der Waals surface area contributed by atoms with Gasteiger partial charge in [-0.1, -0.05) is 6.07 Å². The van der Waals surface area contributed by atoms with E-state index >= 15 is 0 Å². The van der Waals surface area contributed by atoms with Crippen LogP contribution in [-0.4, -0.2) is 45.5 Å². The Morgan fingerprint density at radius 1 is 1.24 bits per heavy atom. The molecule has 2 amide bonds. The number of hydrogen-bond donors (Lipinski definition) is 3. The maximum Gasteiger partial charge on any atom is 0.319 e. The molecular weight excluding hydrogens is 388 g/mol. The maximum atomic E-state index is 12.4. The van der Waals surface area contributed by atoms with E-state index in [1.807, 2.05) is 25.1 Å². The fourth-order valence-corrected chi connectivity index (χ4v) is 3.73. The average molecular weight is 415 g/mol. The van der Waals surface area contributed by atoms with Crippen molar-refractivity contribution in [1.82, 2.24) is 25.2 Å². The summed E-state index contributed by atoms with van der Waals surface area (Å²) in [6.45, 7) is 4.90. The van der Waals surface area contributed by atoms with Crippen LogP contribution in [0.25, 0.3) is 11.0 Å². The third kappa shape index (κ3) is 4.86. The molecule has 3 N–H and O–H groups in total. The summed E-state index contributed by atoms with van der Waals surface area (Å²) in [6, 6.07) is 10.0. The summed E-state index contributed by atoms with van der Waals surface area (Å²) in [6.07, 6.45) is 3.39. The Bertz CT molecular complexity index is 987. The van der Waals surface area contributed by atoms with Crippen LogP contribution in [0.1, 0.15) is 36.0 Å². The first kappa shape index (κ1) is 21.1. The average Bonchev–Trinajstić information content (AvgIpc) is 3.08. The van der Waals surface area contributed by atoms with Crippen LogP contribution in [-0.2, 0) is 0 Å². The molecule has 0 radical (unpaired) electrons. The number of benzene rings is 1. The number of likely N-dealkylation sites (tertiary alicyclic amines) is 1. The molecule has 1 aliphatic heterocycles. The molecule has 3 heterocycles. The zero-order chi connectivity index (χ0) is 19.7. The highest BCUT2D eigenvalue weighted by molar-refractivity contribution is 5.89. The van der Waals surface area contributed by atoms with Gasteiger partial charge in [-0.3, -0.25) is 9.88 Å². The Kier molecular flexibility index (Phi) is 6.39. The number of nitrogens with one attached hydrogen (secondary N) is 3. The fraction of sp³-hybridized carbons (Fsp3) is 0.381. The fourth-order valence-electron chi connectivity index (χ4n) is 3.73. The second-order valence-electron chi connectivity index (χ2n) is 7.65. The molecule has 1 fully saturated rings. The standard InChI is InChI=1S/C21H26N6O.ClH/c1-13-4-7-17-18(10-13)26-20(25-17)19-11-15(8-9-27(19)3)23-21(28)24-16-6-5-14(2)22-12-16;/h4-7,10,12,15,19H,8-9,11H2,1-3H3,(H,25,26)(H2,23,24,28);1H/t15-,19-;/m1./s1. The topological polar surface area (TPSA) is 85.9 Å². The highest BCUT2D eigenvalue weighted by Gasteiger charge is 2.30. The zero-order valence-corrected chi connectivity index (χ0v) is 17.7. The Hall–Kier alpha value is -2.64. The number of fused-ring (bicyclic) bond motifs is 1. The van der Waals surface area contributed by atoms with Gasteiger partial charge in [0, 0.05) is 18.3 Å². The van der Waals surface area contributed by atoms with Crippen LogP contribution in [0.3, 0.4) is 0 Å². The van der Waals surface area contributed by atoms with Crippen LogP contribution in [0.15, 0.2) is 36.5 Å². The molecule has 2 atom stereocenters. The monoisotopic (exact) mass is 414 g/mol. The number of pyridine rings is 1. The number of halogens is 1. The van der Waals surface area contributed by atoms with E-state index in [-0.39, 0.29) is 30.5 Å². The minimum absolute atomic E-state index is 0. The number of amides is 2. The molecule has 2 aromatic heterocycles. The number of piperidine rings is 1. The van der Waals surface area contributed by atoms with E-state index in [9.17, 15) is 4.79 Å². The van der Waals surface area contributed by atoms with Crippen molar-refractivity contribution in [3.05, 3.63) is 53.6 Å². The molecule has 0 spiro atoms. The lowest BCUT2D eigenvalue weighted by molar-refractivity contribution is 0.153. The molecular formula is C21H27ClN6O. The minimum Gasteiger partial charge on any atom is -0.341 e. The third-order valence-electron chi connectivity index (χ3n) is 5.35. The summed E-state index contributed by atoms with van der Waals surface area (Å²) in [5, 5.41) is 5.96. The molecule has 3 aromatic rings. The van der Waals surface area contributed by atoms with Gasteiger partial charge in [0.25, 0.3) is 0 Å². The van der Waals surface area contributed by atoms with Crippen LogP contribution in [0.2, 0.25) is 0 Å². The van der Waals surface area contributed by atoms with E-state index in [0.717, 1.165) is 41.9 Å². The molecule has 1 aromatic carbocycles. The smallest absolute Gasteiger partial charge is 0.319 e. The lowest BCUT2D eigenvalue weighted by Crippen LogP contribution is -2.46. The number of carbonyl (C=O) groups is 1. The second-order valence-corrected chi connectivity index (χ2v) is 7.65. The van der Waals surface area contributed by atoms with Gasteiger partial charge in [0.15, 0.2) is 0 Å². The van der Waals surface area contributed by atoms with Gasteiger partial charge in [-0.25, -0.2) is 9.78 Å². The SMILES string of the molecule is Cc1ccc2nc([C@H]3C[C@H](NC(=O)Nc4ccc(C)nc4)CCN3C)[nH]c2c1.Cl. The molecule has 7 nitrogen and oxygen atoms in total. The number of nitrogens with zero attached hydrogens (tertiary/aromatic N) is 3. The van der Waals surface area contributed by atoms with Gasteiger partial charge >= 0.3 is 6.03 Å². The number of urea groups is 1. The van der Waals surface area contributed by atoms with Gasteiger partial charge < -0.3 is 15.6 Å². The van der Waals surface area contributed by atoms with Gasteiger partial charge in [0.05, 0.1) is 29.0 Å². The van der Waals surface area contributed by atoms with Crippen LogP contribution in [0.4, 0.5) is 10.5 Å². The van der Waals surface area contributed by atoms with Crippen LogP contribution in [0.5, 0.6) is 0 Å². The molecule has 8 heteroatoms. The van der Waals surface area contributed by atoms with E-state index in [2.05, 4.69) is 51.6 Å². The summed E-state index contributed by atoms with van der Waals surface area (Å²) in [5.74, 6) is 0.956. The van der Waals surface area contributed by atoms with E-state index in [4.69, 9.17) is 4.98 Å². The molecule has 0 aliphatic carbocycles. The van der Waals surface area contributed by atoms with Crippen molar-refractivity contribution in [2.24, 2.45) is 0 Å². The van der Waals surface area contributed by atoms with Crippen molar-refractivity contribution in [3.8, 4) is 0 Å². The summed E-state index contributed by atoms with van der Waals surface area (Å²) in [7, 11) is 2.11. The van der Waals surface area contributed by atoms with Crippen molar-refractivity contribution in [2.75, 3.05) is 18.9 Å². The van der Waals surface area contributed by atoms with Crippen LogP contribution < -0.4 is 10.6 Å². The van der Waals surface area contributed by atoms with E-state index in [1.54, 1.807) is 6.20 Å². The van der Waals surface area contributed by atoms with E-state index in [1.165, 1.54) is 5.56 Å². The predicted molar refractivity (Wildman–Crippen MR) is 118 cm³/mol. The Balaban J connectivity index is 0.00000240. The molecule has 1 saturated heterocycles. The predicted octanol–water partition coefficient (Wildman–Crippen LogP) is 3.95. The maximum absolute atomic E-state index is 12.4. The van der Waals surface area contributed by atoms with Crippen molar-refractivity contribution < 1.29 is 4.79 Å². The summed E-state index contributed by atoms with van der Waals surface area (Å²) >= 11 is 0. The number of carbonyl (C=O) groups excluding carboxylic acids is 1. The number of aromatic nitrogens is 3. The van der Waals surface area contributed by atoms with Crippen LogP contribution >= 0.6 is 12.4 Å². The first-order valence-electron chi connectivity index (χ1n) is 9.64. The molecule has 0 saturated carbocycles. The number of anilines is 1. The first-order valence-corrected chi connectivity index (χ1v) is 9.64. The van der Waals surface area contributed by atoms with E-state index in [0.29, 0.717) is 5.69 Å². The van der Waals surface area contributed by atoms with Crippen LogP contribution in [0, 0.1) is 13.8 Å². The van der Waals surface area contributed by atoms with Gasteiger partial charge in [-0.2, -0.15) is 0 Å². The molecule has 4 rings (SSSR count). The highest BCUT2D eigenvalue weighted by atomic mass is 35.5.